The number of hydrogen-bond donors (Lipinski definition) is 1. The Morgan fingerprint density at radius 2 is 1.60 bits per heavy atom. The molecule has 0 amide bonds. The van der Waals surface area contributed by atoms with Gasteiger partial charge < -0.3 is 19.5 Å². The van der Waals surface area contributed by atoms with Crippen LogP contribution in [0.2, 0.25) is 0 Å². The number of hydrogen-bond acceptors (Lipinski definition) is 4. The topological polar surface area (TPSA) is 41.9 Å². The molecule has 0 atom stereocenters. The Balaban J connectivity index is 2.05. The van der Waals surface area contributed by atoms with Gasteiger partial charge in [0, 0.05) is 18.8 Å². The summed E-state index contributed by atoms with van der Waals surface area (Å²) < 4.78 is 11.3. The van der Waals surface area contributed by atoms with Gasteiger partial charge >= 0.3 is 0 Å². The first-order valence-electron chi connectivity index (χ1n) is 7.14. The lowest BCUT2D eigenvalue weighted by Gasteiger charge is -2.37. The fraction of sp³-hybridized carbons (Fsp3) is 0.625. The van der Waals surface area contributed by atoms with Gasteiger partial charge in [-0.05, 0) is 52.0 Å². The maximum absolute atomic E-state index is 10.1. The lowest BCUT2D eigenvalue weighted by molar-refractivity contribution is -0.0906. The van der Waals surface area contributed by atoms with Crippen LogP contribution in [0, 0.1) is 0 Å². The summed E-state index contributed by atoms with van der Waals surface area (Å²) in [5, 5.41) is 10.1. The second-order valence-corrected chi connectivity index (χ2v) is 6.26. The molecular weight excluding hydrogens is 254 g/mol. The first kappa shape index (κ1) is 15.1. The van der Waals surface area contributed by atoms with Crippen LogP contribution in [-0.2, 0) is 4.74 Å². The van der Waals surface area contributed by atoms with E-state index in [0.717, 1.165) is 32.1 Å². The zero-order chi connectivity index (χ0) is 14.8. The summed E-state index contributed by atoms with van der Waals surface area (Å²) in [5.41, 5.74) is -0.370. The van der Waals surface area contributed by atoms with Crippen LogP contribution in [0.15, 0.2) is 24.3 Å². The first-order chi connectivity index (χ1) is 9.29. The maximum Gasteiger partial charge on any atom is 0.131 e. The number of ether oxygens (including phenoxy) is 2. The van der Waals surface area contributed by atoms with Gasteiger partial charge in [-0.25, -0.2) is 0 Å². The van der Waals surface area contributed by atoms with E-state index in [1.54, 1.807) is 13.8 Å². The molecule has 1 aromatic carbocycles. The van der Waals surface area contributed by atoms with Crippen molar-refractivity contribution in [3.05, 3.63) is 24.3 Å². The predicted octanol–water partition coefficient (Wildman–Crippen LogP) is 2.45. The summed E-state index contributed by atoms with van der Waals surface area (Å²) >= 11 is 0. The number of aliphatic hydroxyl groups is 1. The van der Waals surface area contributed by atoms with Crippen molar-refractivity contribution in [2.75, 3.05) is 31.2 Å². The molecule has 112 valence electrons. The van der Waals surface area contributed by atoms with Crippen molar-refractivity contribution in [2.24, 2.45) is 0 Å². The summed E-state index contributed by atoms with van der Waals surface area (Å²) in [4.78, 5) is 2.30. The Morgan fingerprint density at radius 1 is 1.05 bits per heavy atom. The third-order valence-corrected chi connectivity index (χ3v) is 4.06. The van der Waals surface area contributed by atoms with Crippen LogP contribution in [0.1, 0.15) is 27.7 Å². The molecule has 4 nitrogen and oxygen atoms in total. The van der Waals surface area contributed by atoms with Crippen LogP contribution in [0.4, 0.5) is 5.69 Å². The minimum atomic E-state index is -0.907. The third-order valence-electron chi connectivity index (χ3n) is 4.06. The molecule has 0 aliphatic carbocycles. The molecule has 0 spiro atoms. The molecule has 1 aromatic rings. The highest BCUT2D eigenvalue weighted by molar-refractivity contribution is 5.49. The second kappa shape index (κ2) is 5.62. The number of rotatable bonds is 4. The monoisotopic (exact) mass is 279 g/mol. The van der Waals surface area contributed by atoms with Gasteiger partial charge in [0.2, 0.25) is 0 Å². The third kappa shape index (κ3) is 3.44. The van der Waals surface area contributed by atoms with Gasteiger partial charge in [0.25, 0.3) is 0 Å². The zero-order valence-electron chi connectivity index (χ0n) is 12.8. The van der Waals surface area contributed by atoms with E-state index in [1.807, 2.05) is 26.0 Å². The fourth-order valence-electron chi connectivity index (χ4n) is 1.97. The number of benzene rings is 1. The molecule has 0 saturated carbocycles. The average molecular weight is 279 g/mol. The largest absolute Gasteiger partial charge is 0.485 e. The molecule has 1 aliphatic heterocycles. The fourth-order valence-corrected chi connectivity index (χ4v) is 1.97. The molecule has 0 radical (unpaired) electrons. The van der Waals surface area contributed by atoms with E-state index in [0.29, 0.717) is 0 Å². The van der Waals surface area contributed by atoms with E-state index in [-0.39, 0.29) is 0 Å². The lowest BCUT2D eigenvalue weighted by Crippen LogP contribution is -2.49. The Hall–Kier alpha value is -1.26. The Labute approximate surface area is 121 Å². The predicted molar refractivity (Wildman–Crippen MR) is 80.5 cm³/mol. The molecule has 2 rings (SSSR count). The summed E-state index contributed by atoms with van der Waals surface area (Å²) in [7, 11) is 0. The highest BCUT2D eigenvalue weighted by atomic mass is 16.5. The van der Waals surface area contributed by atoms with Crippen molar-refractivity contribution in [2.45, 2.75) is 38.9 Å². The molecule has 1 saturated heterocycles. The standard InChI is InChI=1S/C16H25NO3/c1-15(2,18)16(3,4)20-14-7-5-13(6-8-14)17-9-11-19-12-10-17/h5-8,18H,9-12H2,1-4H3. The number of nitrogens with zero attached hydrogens (tertiary/aromatic N) is 1. The molecule has 1 N–H and O–H groups in total. The molecule has 1 heterocycles. The number of morpholine rings is 1. The van der Waals surface area contributed by atoms with Gasteiger partial charge in [0.15, 0.2) is 0 Å². The Morgan fingerprint density at radius 3 is 2.10 bits per heavy atom. The quantitative estimate of drug-likeness (QED) is 0.919. The van der Waals surface area contributed by atoms with E-state index in [9.17, 15) is 5.11 Å². The van der Waals surface area contributed by atoms with Crippen LogP contribution in [-0.4, -0.2) is 42.6 Å². The highest BCUT2D eigenvalue weighted by Gasteiger charge is 2.37. The van der Waals surface area contributed by atoms with Gasteiger partial charge in [-0.3, -0.25) is 0 Å². The van der Waals surface area contributed by atoms with Gasteiger partial charge in [-0.15, -0.1) is 0 Å². The smallest absolute Gasteiger partial charge is 0.131 e. The lowest BCUT2D eigenvalue weighted by atomic mass is 9.89. The van der Waals surface area contributed by atoms with Crippen LogP contribution < -0.4 is 9.64 Å². The van der Waals surface area contributed by atoms with Crippen LogP contribution in [0.5, 0.6) is 5.75 Å². The molecule has 4 heteroatoms. The summed E-state index contributed by atoms with van der Waals surface area (Å²) in [6.07, 6.45) is 0. The normalized spacial score (nSPS) is 17.1. The second-order valence-electron chi connectivity index (χ2n) is 6.26. The van der Waals surface area contributed by atoms with E-state index < -0.39 is 11.2 Å². The molecule has 1 fully saturated rings. The molecule has 1 aliphatic rings. The van der Waals surface area contributed by atoms with Gasteiger partial charge in [0.1, 0.15) is 11.4 Å². The molecule has 0 aromatic heterocycles. The molecule has 0 unspecified atom stereocenters. The van der Waals surface area contributed by atoms with Crippen LogP contribution >= 0.6 is 0 Å². The minimum absolute atomic E-state index is 0.645. The van der Waals surface area contributed by atoms with Crippen molar-refractivity contribution in [1.29, 1.82) is 0 Å². The van der Waals surface area contributed by atoms with Crippen molar-refractivity contribution in [1.82, 2.24) is 0 Å². The maximum atomic E-state index is 10.1. The first-order valence-corrected chi connectivity index (χ1v) is 7.14. The van der Waals surface area contributed by atoms with E-state index in [4.69, 9.17) is 9.47 Å². The molecular formula is C16H25NO3. The van der Waals surface area contributed by atoms with Crippen molar-refractivity contribution in [3.63, 3.8) is 0 Å². The van der Waals surface area contributed by atoms with E-state index >= 15 is 0 Å². The SMILES string of the molecule is CC(C)(O)C(C)(C)Oc1ccc(N2CCOCC2)cc1. The van der Waals surface area contributed by atoms with Gasteiger partial charge in [-0.1, -0.05) is 0 Å². The summed E-state index contributed by atoms with van der Waals surface area (Å²) in [6, 6.07) is 8.03. The van der Waals surface area contributed by atoms with Crippen molar-refractivity contribution >= 4 is 5.69 Å². The average Bonchev–Trinajstić information content (AvgIpc) is 2.39. The molecule has 20 heavy (non-hydrogen) atoms. The summed E-state index contributed by atoms with van der Waals surface area (Å²) in [6.45, 7) is 10.7. The van der Waals surface area contributed by atoms with E-state index in [2.05, 4.69) is 17.0 Å². The summed E-state index contributed by atoms with van der Waals surface area (Å²) in [5.74, 6) is 0.772. The van der Waals surface area contributed by atoms with E-state index in [1.165, 1.54) is 5.69 Å². The van der Waals surface area contributed by atoms with Gasteiger partial charge in [-0.2, -0.15) is 0 Å². The number of anilines is 1. The van der Waals surface area contributed by atoms with Crippen LogP contribution in [0.3, 0.4) is 0 Å². The minimum Gasteiger partial charge on any atom is -0.485 e. The Kier molecular flexibility index (Phi) is 4.25. The van der Waals surface area contributed by atoms with Crippen LogP contribution in [0.25, 0.3) is 0 Å². The van der Waals surface area contributed by atoms with Gasteiger partial charge in [0.05, 0.1) is 18.8 Å². The Bertz CT molecular complexity index is 428. The highest BCUT2D eigenvalue weighted by Crippen LogP contribution is 2.29. The molecule has 0 bridgehead atoms. The van der Waals surface area contributed by atoms with Crippen molar-refractivity contribution < 1.29 is 14.6 Å². The van der Waals surface area contributed by atoms with Crippen molar-refractivity contribution in [3.8, 4) is 5.75 Å². The zero-order valence-corrected chi connectivity index (χ0v) is 12.8.